The molecule has 0 radical (unpaired) electrons. The summed E-state index contributed by atoms with van der Waals surface area (Å²) in [7, 11) is 1.31. The summed E-state index contributed by atoms with van der Waals surface area (Å²) in [5, 5.41) is -0.468. The smallest absolute Gasteiger partial charge is 0.337 e. The van der Waals surface area contributed by atoms with Gasteiger partial charge in [0.15, 0.2) is 0 Å². The van der Waals surface area contributed by atoms with Gasteiger partial charge in [0.2, 0.25) is 0 Å². The molecule has 1 fully saturated rings. The van der Waals surface area contributed by atoms with Crippen LogP contribution in [-0.2, 0) is 16.1 Å². The average Bonchev–Trinajstić information content (AvgIpc) is 3.35. The van der Waals surface area contributed by atoms with Crippen molar-refractivity contribution in [2.75, 3.05) is 7.11 Å². The van der Waals surface area contributed by atoms with Crippen molar-refractivity contribution in [1.29, 1.82) is 0 Å². The van der Waals surface area contributed by atoms with Gasteiger partial charge < -0.3 is 9.15 Å². The molecule has 0 atom stereocenters. The van der Waals surface area contributed by atoms with Gasteiger partial charge in [-0.15, -0.1) is 0 Å². The van der Waals surface area contributed by atoms with Gasteiger partial charge in [-0.05, 0) is 42.1 Å². The van der Waals surface area contributed by atoms with Crippen molar-refractivity contribution in [3.63, 3.8) is 0 Å². The Bertz CT molecular complexity index is 1200. The lowest BCUT2D eigenvalue weighted by Crippen LogP contribution is -2.27. The van der Waals surface area contributed by atoms with Crippen LogP contribution < -0.4 is 0 Å². The van der Waals surface area contributed by atoms with E-state index < -0.39 is 22.9 Å². The van der Waals surface area contributed by atoms with Crippen molar-refractivity contribution in [3.8, 4) is 11.3 Å². The Morgan fingerprint density at radius 1 is 1.10 bits per heavy atom. The fourth-order valence-electron chi connectivity index (χ4n) is 3.04. The van der Waals surface area contributed by atoms with Crippen LogP contribution in [0.25, 0.3) is 17.4 Å². The summed E-state index contributed by atoms with van der Waals surface area (Å²) in [6, 6.07) is 16.1. The number of furan rings is 1. The van der Waals surface area contributed by atoms with Crippen LogP contribution >= 0.6 is 11.8 Å². The summed E-state index contributed by atoms with van der Waals surface area (Å²) in [6.07, 6.45) is 1.48. The monoisotopic (exact) mass is 437 g/mol. The van der Waals surface area contributed by atoms with Crippen molar-refractivity contribution in [1.82, 2.24) is 4.90 Å². The predicted octanol–water partition coefficient (Wildman–Crippen LogP) is 5.11. The lowest BCUT2D eigenvalue weighted by Gasteiger charge is -2.12. The van der Waals surface area contributed by atoms with Crippen LogP contribution in [0.15, 0.2) is 70.0 Å². The first kappa shape index (κ1) is 20.6. The molecule has 31 heavy (non-hydrogen) atoms. The number of carbonyl (C=O) groups is 3. The first-order valence-electron chi connectivity index (χ1n) is 9.23. The second-order valence-corrected chi connectivity index (χ2v) is 7.62. The molecular weight excluding hydrogens is 421 g/mol. The van der Waals surface area contributed by atoms with Crippen molar-refractivity contribution in [3.05, 3.63) is 88.3 Å². The van der Waals surface area contributed by atoms with Crippen LogP contribution in [0, 0.1) is 5.82 Å². The number of nitrogens with zero attached hydrogens (tertiary/aromatic N) is 1. The van der Waals surface area contributed by atoms with Gasteiger partial charge in [-0.25, -0.2) is 9.18 Å². The van der Waals surface area contributed by atoms with E-state index in [1.54, 1.807) is 48.5 Å². The Hall–Kier alpha value is -3.65. The largest absolute Gasteiger partial charge is 0.465 e. The highest BCUT2D eigenvalue weighted by Crippen LogP contribution is 2.34. The number of hydrogen-bond acceptors (Lipinski definition) is 6. The van der Waals surface area contributed by atoms with Crippen LogP contribution in [0.4, 0.5) is 9.18 Å². The molecule has 2 heterocycles. The van der Waals surface area contributed by atoms with Crippen LogP contribution in [-0.4, -0.2) is 29.1 Å². The molecule has 1 aromatic heterocycles. The Labute approximate surface area is 181 Å². The third-order valence-corrected chi connectivity index (χ3v) is 5.56. The van der Waals surface area contributed by atoms with Gasteiger partial charge in [0.05, 0.1) is 24.1 Å². The molecule has 0 spiro atoms. The molecule has 1 saturated heterocycles. The van der Waals surface area contributed by atoms with Gasteiger partial charge in [0.25, 0.3) is 11.1 Å². The van der Waals surface area contributed by atoms with Gasteiger partial charge in [-0.1, -0.05) is 30.3 Å². The fraction of sp³-hybridized carbons (Fsp3) is 0.0870. The molecule has 1 aliphatic rings. The Kier molecular flexibility index (Phi) is 5.73. The van der Waals surface area contributed by atoms with Gasteiger partial charge in [-0.2, -0.15) is 0 Å². The number of hydrogen-bond donors (Lipinski definition) is 0. The van der Waals surface area contributed by atoms with E-state index in [-0.39, 0.29) is 17.0 Å². The van der Waals surface area contributed by atoms with Crippen molar-refractivity contribution in [2.45, 2.75) is 6.54 Å². The number of amides is 2. The average molecular weight is 437 g/mol. The molecule has 0 unspecified atom stereocenters. The summed E-state index contributed by atoms with van der Waals surface area (Å²) in [4.78, 5) is 37.7. The summed E-state index contributed by atoms with van der Waals surface area (Å²) in [6.45, 7) is -0.134. The quantitative estimate of drug-likeness (QED) is 0.408. The topological polar surface area (TPSA) is 76.8 Å². The Balaban J connectivity index is 1.51. The SMILES string of the molecule is COC(=O)c1ccc(-c2ccc(/C=C3/SC(=O)N(Cc4ccccc4F)C3=O)o2)cc1. The lowest BCUT2D eigenvalue weighted by atomic mass is 10.1. The minimum absolute atomic E-state index is 0.134. The molecular formula is C23H16FNO5S. The first-order chi connectivity index (χ1) is 15.0. The standard InChI is InChI=1S/C23H16FNO5S/c1-29-22(27)15-8-6-14(7-9-15)19-11-10-17(30-19)12-20-21(26)25(23(28)31-20)13-16-4-2-3-5-18(16)24/h2-12H,13H2,1H3/b20-12+. The summed E-state index contributed by atoms with van der Waals surface area (Å²) in [5.74, 6) is -0.479. The highest BCUT2D eigenvalue weighted by atomic mass is 32.2. The summed E-state index contributed by atoms with van der Waals surface area (Å²) < 4.78 is 24.3. The zero-order chi connectivity index (χ0) is 22.0. The van der Waals surface area contributed by atoms with Crippen LogP contribution in [0.2, 0.25) is 0 Å². The first-order valence-corrected chi connectivity index (χ1v) is 10.1. The van der Waals surface area contributed by atoms with E-state index in [1.807, 2.05) is 0 Å². The van der Waals surface area contributed by atoms with Crippen molar-refractivity contribution < 1.29 is 27.9 Å². The highest BCUT2D eigenvalue weighted by Gasteiger charge is 2.35. The van der Waals surface area contributed by atoms with Crippen LogP contribution in [0.1, 0.15) is 21.7 Å². The number of rotatable bonds is 5. The number of imide groups is 1. The van der Waals surface area contributed by atoms with E-state index in [1.165, 1.54) is 25.3 Å². The van der Waals surface area contributed by atoms with E-state index in [9.17, 15) is 18.8 Å². The molecule has 2 amide bonds. The number of carbonyl (C=O) groups excluding carboxylic acids is 3. The number of methoxy groups -OCH3 is 1. The lowest BCUT2D eigenvalue weighted by molar-refractivity contribution is -0.123. The fourth-order valence-corrected chi connectivity index (χ4v) is 3.85. The van der Waals surface area contributed by atoms with E-state index >= 15 is 0 Å². The molecule has 0 bridgehead atoms. The number of benzene rings is 2. The normalized spacial score (nSPS) is 15.0. The zero-order valence-electron chi connectivity index (χ0n) is 16.3. The van der Waals surface area contributed by atoms with Gasteiger partial charge in [0.1, 0.15) is 17.3 Å². The predicted molar refractivity (Wildman–Crippen MR) is 113 cm³/mol. The van der Waals surface area contributed by atoms with Gasteiger partial charge in [-0.3, -0.25) is 14.5 Å². The minimum atomic E-state index is -0.501. The van der Waals surface area contributed by atoms with Gasteiger partial charge >= 0.3 is 5.97 Å². The maximum absolute atomic E-state index is 13.9. The second-order valence-electron chi connectivity index (χ2n) is 6.63. The number of ether oxygens (including phenoxy) is 1. The number of thioether (sulfide) groups is 1. The Morgan fingerprint density at radius 3 is 2.55 bits per heavy atom. The Morgan fingerprint density at radius 2 is 1.84 bits per heavy atom. The van der Waals surface area contributed by atoms with E-state index in [4.69, 9.17) is 4.42 Å². The van der Waals surface area contributed by atoms with Crippen molar-refractivity contribution in [2.24, 2.45) is 0 Å². The molecule has 4 rings (SSSR count). The minimum Gasteiger partial charge on any atom is -0.465 e. The maximum atomic E-state index is 13.9. The zero-order valence-corrected chi connectivity index (χ0v) is 17.1. The third-order valence-electron chi connectivity index (χ3n) is 4.65. The molecule has 1 aliphatic heterocycles. The summed E-state index contributed by atoms with van der Waals surface area (Å²) in [5.41, 5.74) is 1.42. The van der Waals surface area contributed by atoms with Crippen molar-refractivity contribution >= 4 is 35.0 Å². The molecule has 8 heteroatoms. The number of halogens is 1. The third kappa shape index (κ3) is 4.29. The van der Waals surface area contributed by atoms with Gasteiger partial charge in [0, 0.05) is 17.2 Å². The van der Waals surface area contributed by atoms with E-state index in [2.05, 4.69) is 4.74 Å². The molecule has 0 N–H and O–H groups in total. The number of esters is 1. The molecule has 0 aliphatic carbocycles. The summed E-state index contributed by atoms with van der Waals surface area (Å²) >= 11 is 0.779. The second kappa shape index (κ2) is 8.61. The molecule has 6 nitrogen and oxygen atoms in total. The van der Waals surface area contributed by atoms with Crippen LogP contribution in [0.5, 0.6) is 0 Å². The van der Waals surface area contributed by atoms with Crippen LogP contribution in [0.3, 0.4) is 0 Å². The molecule has 156 valence electrons. The van der Waals surface area contributed by atoms with E-state index in [0.29, 0.717) is 17.1 Å². The molecule has 3 aromatic rings. The molecule has 2 aromatic carbocycles. The highest BCUT2D eigenvalue weighted by molar-refractivity contribution is 8.18. The molecule has 0 saturated carbocycles. The maximum Gasteiger partial charge on any atom is 0.337 e. The van der Waals surface area contributed by atoms with E-state index in [0.717, 1.165) is 22.2 Å².